The third kappa shape index (κ3) is 5.33. The van der Waals surface area contributed by atoms with Crippen LogP contribution in [0.15, 0.2) is 84.0 Å². The molecular weight excluding hydrogens is 440 g/mol. The van der Waals surface area contributed by atoms with Crippen molar-refractivity contribution >= 4 is 40.2 Å². The molecule has 0 bridgehead atoms. The van der Waals surface area contributed by atoms with Gasteiger partial charge in [0.2, 0.25) is 5.95 Å². The van der Waals surface area contributed by atoms with Crippen LogP contribution >= 0.6 is 0 Å². The zero-order valence-corrected chi connectivity index (χ0v) is 18.9. The summed E-state index contributed by atoms with van der Waals surface area (Å²) in [6.45, 7) is 0. The molecule has 1 aliphatic heterocycles. The molecule has 0 radical (unpaired) electrons. The van der Waals surface area contributed by atoms with Gasteiger partial charge in [0.05, 0.1) is 22.8 Å². The van der Waals surface area contributed by atoms with Crippen LogP contribution in [0.1, 0.15) is 34.3 Å². The lowest BCUT2D eigenvalue weighted by Gasteiger charge is -2.12. The zero-order chi connectivity index (χ0) is 24.2. The Labute approximate surface area is 202 Å². The van der Waals surface area contributed by atoms with Crippen LogP contribution < -0.4 is 11.1 Å². The first kappa shape index (κ1) is 22.2. The predicted molar refractivity (Wildman–Crippen MR) is 137 cm³/mol. The van der Waals surface area contributed by atoms with Gasteiger partial charge in [0.15, 0.2) is 5.78 Å². The van der Waals surface area contributed by atoms with Crippen molar-refractivity contribution in [2.75, 3.05) is 11.1 Å². The number of hydrogen-bond acceptors (Lipinski definition) is 6. The summed E-state index contributed by atoms with van der Waals surface area (Å²) in [6.07, 6.45) is 6.66. The number of aliphatic imine (C=N–C) groups is 1. The summed E-state index contributed by atoms with van der Waals surface area (Å²) >= 11 is 0. The van der Waals surface area contributed by atoms with Crippen LogP contribution in [0.3, 0.4) is 0 Å². The third-order valence-electron chi connectivity index (χ3n) is 5.84. The molecule has 1 amide bonds. The first-order valence-corrected chi connectivity index (χ1v) is 11.4. The lowest BCUT2D eigenvalue weighted by atomic mass is 10.0. The number of para-hydroxylation sites is 2. The zero-order valence-electron chi connectivity index (χ0n) is 18.9. The highest BCUT2D eigenvalue weighted by Crippen LogP contribution is 2.18. The number of fused-ring (bicyclic) bond motifs is 1. The second-order valence-electron chi connectivity index (χ2n) is 8.44. The number of aryl methyl sites for hydroxylation is 1. The number of pyridine rings is 1. The number of benzene rings is 2. The van der Waals surface area contributed by atoms with Crippen molar-refractivity contribution in [3.8, 4) is 0 Å². The number of nitrogen functional groups attached to an aromatic ring is 1. The molecule has 4 aromatic rings. The molecule has 1 atom stereocenters. The number of imidazole rings is 1. The maximum absolute atomic E-state index is 12.8. The highest BCUT2D eigenvalue weighted by molar-refractivity contribution is 6.12. The molecule has 174 valence electrons. The maximum atomic E-state index is 12.8. The molecule has 5 rings (SSSR count). The van der Waals surface area contributed by atoms with Crippen LogP contribution in [-0.2, 0) is 11.2 Å². The number of allylic oxidation sites excluding steroid dienone is 2. The third-order valence-corrected chi connectivity index (χ3v) is 5.84. The highest BCUT2D eigenvalue weighted by Gasteiger charge is 2.17. The van der Waals surface area contributed by atoms with Crippen LogP contribution in [0, 0.1) is 0 Å². The van der Waals surface area contributed by atoms with Crippen molar-refractivity contribution in [3.63, 3.8) is 0 Å². The van der Waals surface area contributed by atoms with Crippen molar-refractivity contribution in [2.24, 2.45) is 4.99 Å². The average molecular weight is 465 g/mol. The molecule has 0 saturated heterocycles. The summed E-state index contributed by atoms with van der Waals surface area (Å²) in [6, 6.07) is 18.5. The van der Waals surface area contributed by atoms with E-state index < -0.39 is 0 Å². The van der Waals surface area contributed by atoms with Gasteiger partial charge in [0.1, 0.15) is 5.82 Å². The molecule has 8 heteroatoms. The number of ketones is 1. The fourth-order valence-corrected chi connectivity index (χ4v) is 4.04. The van der Waals surface area contributed by atoms with Crippen molar-refractivity contribution in [3.05, 3.63) is 95.7 Å². The first-order chi connectivity index (χ1) is 17.0. The molecule has 2 aromatic heterocycles. The standard InChI is InChI=1S/C27H24N6O2/c28-25-13-9-19(16-29-25)22-12-11-21(34)15-20(30-22)10-8-17-4-3-5-18(14-17)26(35)33-27-31-23-6-1-2-7-24(23)32-27/h1-7,9,11-14,16,20H,8,10,15H2,(H2,28,29)(H2,31,32,33,35). The second-order valence-corrected chi connectivity index (χ2v) is 8.44. The lowest BCUT2D eigenvalue weighted by molar-refractivity contribution is -0.114. The maximum Gasteiger partial charge on any atom is 0.257 e. The molecular formula is C27H24N6O2. The first-order valence-electron chi connectivity index (χ1n) is 11.4. The summed E-state index contributed by atoms with van der Waals surface area (Å²) in [7, 11) is 0. The number of H-pyrrole nitrogens is 1. The lowest BCUT2D eigenvalue weighted by Crippen LogP contribution is -2.14. The van der Waals surface area contributed by atoms with E-state index >= 15 is 0 Å². The fraction of sp³-hybridized carbons (Fsp3) is 0.148. The molecule has 35 heavy (non-hydrogen) atoms. The number of aromatic amines is 1. The monoisotopic (exact) mass is 464 g/mol. The van der Waals surface area contributed by atoms with Gasteiger partial charge >= 0.3 is 0 Å². The van der Waals surface area contributed by atoms with E-state index in [0.717, 1.165) is 22.2 Å². The number of nitrogens with one attached hydrogen (secondary N) is 2. The average Bonchev–Trinajstić information content (AvgIpc) is 3.18. The van der Waals surface area contributed by atoms with E-state index in [4.69, 9.17) is 10.7 Å². The largest absolute Gasteiger partial charge is 0.384 e. The van der Waals surface area contributed by atoms with Crippen LogP contribution in [0.5, 0.6) is 0 Å². The molecule has 0 fully saturated rings. The van der Waals surface area contributed by atoms with Gasteiger partial charge in [-0.1, -0.05) is 24.3 Å². The topological polar surface area (TPSA) is 126 Å². The van der Waals surface area contributed by atoms with Gasteiger partial charge in [-0.3, -0.25) is 19.9 Å². The van der Waals surface area contributed by atoms with Crippen molar-refractivity contribution in [1.29, 1.82) is 0 Å². The van der Waals surface area contributed by atoms with Crippen LogP contribution in [0.25, 0.3) is 11.0 Å². The number of nitrogens with zero attached hydrogens (tertiary/aromatic N) is 3. The Hall–Kier alpha value is -4.59. The fourth-order valence-electron chi connectivity index (χ4n) is 4.04. The molecule has 0 saturated carbocycles. The Balaban J connectivity index is 1.27. The number of anilines is 2. The van der Waals surface area contributed by atoms with Crippen LogP contribution in [-0.4, -0.2) is 38.4 Å². The minimum atomic E-state index is -0.240. The SMILES string of the molecule is Nc1ccc(C2=NC(CCc3cccc(C(=O)Nc4nc5ccccc5[nH]4)c3)CC(=O)C=C2)cn1. The van der Waals surface area contributed by atoms with Crippen molar-refractivity contribution in [2.45, 2.75) is 25.3 Å². The number of nitrogens with two attached hydrogens (primary N) is 1. The summed E-state index contributed by atoms with van der Waals surface area (Å²) in [5.41, 5.74) is 10.4. The molecule has 3 heterocycles. The van der Waals surface area contributed by atoms with Gasteiger partial charge in [-0.05, 0) is 67.0 Å². The molecule has 0 aliphatic carbocycles. The van der Waals surface area contributed by atoms with E-state index in [0.29, 0.717) is 42.3 Å². The van der Waals surface area contributed by atoms with E-state index in [1.54, 1.807) is 30.5 Å². The molecule has 8 nitrogen and oxygen atoms in total. The minimum absolute atomic E-state index is 0.0381. The normalized spacial score (nSPS) is 15.6. The minimum Gasteiger partial charge on any atom is -0.384 e. The smallest absolute Gasteiger partial charge is 0.257 e. The van der Waals surface area contributed by atoms with Crippen LogP contribution in [0.4, 0.5) is 11.8 Å². The molecule has 2 aromatic carbocycles. The number of amides is 1. The Morgan fingerprint density at radius 2 is 1.97 bits per heavy atom. The number of carbonyl (C=O) groups is 2. The van der Waals surface area contributed by atoms with Gasteiger partial charge in [-0.2, -0.15) is 0 Å². The van der Waals surface area contributed by atoms with Crippen LogP contribution in [0.2, 0.25) is 0 Å². The van der Waals surface area contributed by atoms with Crippen molar-refractivity contribution < 1.29 is 9.59 Å². The van der Waals surface area contributed by atoms with Gasteiger partial charge < -0.3 is 10.7 Å². The molecule has 0 spiro atoms. The van der Waals surface area contributed by atoms with Gasteiger partial charge in [-0.15, -0.1) is 0 Å². The Morgan fingerprint density at radius 1 is 1.09 bits per heavy atom. The van der Waals surface area contributed by atoms with E-state index in [1.165, 1.54) is 0 Å². The number of carbonyl (C=O) groups excluding carboxylic acids is 2. The Bertz CT molecular complexity index is 1420. The predicted octanol–water partition coefficient (Wildman–Crippen LogP) is 4.11. The van der Waals surface area contributed by atoms with Gasteiger partial charge in [0, 0.05) is 23.7 Å². The summed E-state index contributed by atoms with van der Waals surface area (Å²) in [4.78, 5) is 41.5. The van der Waals surface area contributed by atoms with E-state index in [1.807, 2.05) is 48.5 Å². The number of hydrogen-bond donors (Lipinski definition) is 3. The Morgan fingerprint density at radius 3 is 2.80 bits per heavy atom. The number of rotatable bonds is 6. The summed E-state index contributed by atoms with van der Waals surface area (Å²) < 4.78 is 0. The van der Waals surface area contributed by atoms with Crippen molar-refractivity contribution in [1.82, 2.24) is 15.0 Å². The quantitative estimate of drug-likeness (QED) is 0.396. The van der Waals surface area contributed by atoms with E-state index in [2.05, 4.69) is 20.3 Å². The summed E-state index contributed by atoms with van der Waals surface area (Å²) in [5.74, 6) is 0.640. The molecule has 4 N–H and O–H groups in total. The molecule has 1 aliphatic rings. The van der Waals surface area contributed by atoms with Gasteiger partial charge in [-0.25, -0.2) is 9.97 Å². The second kappa shape index (κ2) is 9.72. The highest BCUT2D eigenvalue weighted by atomic mass is 16.1. The summed E-state index contributed by atoms with van der Waals surface area (Å²) in [5, 5.41) is 2.83. The van der Waals surface area contributed by atoms with E-state index in [-0.39, 0.29) is 17.7 Å². The molecule has 1 unspecified atom stereocenters. The number of aromatic nitrogens is 3. The van der Waals surface area contributed by atoms with Gasteiger partial charge in [0.25, 0.3) is 5.91 Å². The Kier molecular flexibility index (Phi) is 6.17. The van der Waals surface area contributed by atoms with E-state index in [9.17, 15) is 9.59 Å².